The van der Waals surface area contributed by atoms with Crippen LogP contribution in [0.4, 0.5) is 0 Å². The number of nitrogens with two attached hydrogens (primary N) is 1. The largest absolute Gasteiger partial charge is 0.474 e. The van der Waals surface area contributed by atoms with Gasteiger partial charge >= 0.3 is 0 Å². The summed E-state index contributed by atoms with van der Waals surface area (Å²) < 4.78 is 6.26. The van der Waals surface area contributed by atoms with Gasteiger partial charge in [-0.1, -0.05) is 20.8 Å². The highest BCUT2D eigenvalue weighted by Gasteiger charge is 2.25. The molecule has 26 heavy (non-hydrogen) atoms. The number of thiophene rings is 1. The second-order valence-electron chi connectivity index (χ2n) is 6.83. The maximum Gasteiger partial charge on any atom is 0.225 e. The highest BCUT2D eigenvalue weighted by Crippen LogP contribution is 2.40. The lowest BCUT2D eigenvalue weighted by molar-refractivity contribution is -0.115. The van der Waals surface area contributed by atoms with Gasteiger partial charge in [0.25, 0.3) is 0 Å². The highest BCUT2D eigenvalue weighted by atomic mass is 32.1. The monoisotopic (exact) mass is 377 g/mol. The first kappa shape index (κ1) is 20.6. The van der Waals surface area contributed by atoms with Crippen LogP contribution in [0.15, 0.2) is 6.33 Å². The first-order chi connectivity index (χ1) is 12.5. The maximum atomic E-state index is 9.22. The molecule has 2 aliphatic rings. The molecular weight excluding hydrogens is 346 g/mol. The minimum atomic E-state index is -0.333. The zero-order chi connectivity index (χ0) is 19.1. The lowest BCUT2D eigenvalue weighted by atomic mass is 9.89. The third-order valence-corrected chi connectivity index (χ3v) is 5.91. The molecule has 0 saturated heterocycles. The predicted molar refractivity (Wildman–Crippen MR) is 108 cm³/mol. The molecule has 1 fully saturated rings. The van der Waals surface area contributed by atoms with Crippen molar-refractivity contribution in [3.8, 4) is 5.88 Å². The third-order valence-electron chi connectivity index (χ3n) is 4.71. The standard InChI is InChI=1S/C16H20N2OS.C2H5NO.C2H6/c1-10-5-7-11(8-6-10)19-15-14-12-3-2-4-13(12)20-16(14)18-9-17-15;1-2(3)4;1-2/h9-11H,2-8H2,1H3;1H3,(H2,3,4);1-2H3. The third kappa shape index (κ3) is 5.16. The SMILES string of the molecule is CC.CC(N)=O.CC1CCC(Oc2ncnc3sc4c(c23)CCC4)CC1. The number of hydrogen-bond acceptors (Lipinski definition) is 5. The van der Waals surface area contributed by atoms with Crippen LogP contribution in [-0.2, 0) is 17.6 Å². The zero-order valence-electron chi connectivity index (χ0n) is 16.4. The number of hydrogen-bond donors (Lipinski definition) is 1. The van der Waals surface area contributed by atoms with Gasteiger partial charge in [0.05, 0.1) is 5.39 Å². The summed E-state index contributed by atoms with van der Waals surface area (Å²) in [6, 6.07) is 0. The molecule has 1 amide bonds. The fourth-order valence-electron chi connectivity index (χ4n) is 3.49. The number of aromatic nitrogens is 2. The van der Waals surface area contributed by atoms with Crippen molar-refractivity contribution in [1.82, 2.24) is 9.97 Å². The minimum Gasteiger partial charge on any atom is -0.474 e. The summed E-state index contributed by atoms with van der Waals surface area (Å²) in [5.74, 6) is 1.36. The summed E-state index contributed by atoms with van der Waals surface area (Å²) in [4.78, 5) is 20.7. The molecule has 0 spiro atoms. The smallest absolute Gasteiger partial charge is 0.225 e. The lowest BCUT2D eigenvalue weighted by Crippen LogP contribution is -2.23. The van der Waals surface area contributed by atoms with Gasteiger partial charge in [-0.25, -0.2) is 9.97 Å². The lowest BCUT2D eigenvalue weighted by Gasteiger charge is -2.26. The van der Waals surface area contributed by atoms with E-state index >= 15 is 0 Å². The molecule has 0 radical (unpaired) electrons. The van der Waals surface area contributed by atoms with Gasteiger partial charge in [-0.15, -0.1) is 11.3 Å². The van der Waals surface area contributed by atoms with Crippen LogP contribution in [-0.4, -0.2) is 22.0 Å². The Hall–Kier alpha value is -1.69. The Bertz CT molecular complexity index is 717. The van der Waals surface area contributed by atoms with Gasteiger partial charge in [0, 0.05) is 11.8 Å². The number of carbonyl (C=O) groups is 1. The summed E-state index contributed by atoms with van der Waals surface area (Å²) in [6.45, 7) is 7.64. The Morgan fingerprint density at radius 3 is 2.50 bits per heavy atom. The quantitative estimate of drug-likeness (QED) is 0.826. The van der Waals surface area contributed by atoms with E-state index in [4.69, 9.17) is 4.74 Å². The molecule has 0 aromatic carbocycles. The van der Waals surface area contributed by atoms with Crippen molar-refractivity contribution in [2.75, 3.05) is 0 Å². The fraction of sp³-hybridized carbons (Fsp3) is 0.650. The average molecular weight is 378 g/mol. The second-order valence-corrected chi connectivity index (χ2v) is 7.91. The van der Waals surface area contributed by atoms with Crippen LogP contribution in [0.5, 0.6) is 5.88 Å². The summed E-state index contributed by atoms with van der Waals surface area (Å²) in [5.41, 5.74) is 5.93. The predicted octanol–water partition coefficient (Wildman–Crippen LogP) is 4.66. The molecule has 144 valence electrons. The molecule has 0 atom stereocenters. The van der Waals surface area contributed by atoms with Gasteiger partial charge in [-0.05, 0) is 56.4 Å². The zero-order valence-corrected chi connectivity index (χ0v) is 17.2. The maximum absolute atomic E-state index is 9.22. The van der Waals surface area contributed by atoms with E-state index in [2.05, 4.69) is 22.6 Å². The summed E-state index contributed by atoms with van der Waals surface area (Å²) in [5, 5.41) is 1.21. The average Bonchev–Trinajstić information content (AvgIpc) is 3.19. The highest BCUT2D eigenvalue weighted by molar-refractivity contribution is 7.18. The number of aryl methyl sites for hydroxylation is 2. The van der Waals surface area contributed by atoms with Gasteiger partial charge in [0.1, 0.15) is 17.3 Å². The Morgan fingerprint density at radius 1 is 1.19 bits per heavy atom. The van der Waals surface area contributed by atoms with Crippen LogP contribution in [0.2, 0.25) is 0 Å². The molecule has 5 nitrogen and oxygen atoms in total. The molecule has 2 aromatic rings. The van der Waals surface area contributed by atoms with Crippen LogP contribution >= 0.6 is 11.3 Å². The fourth-order valence-corrected chi connectivity index (χ4v) is 4.71. The van der Waals surface area contributed by atoms with Crippen molar-refractivity contribution in [3.63, 3.8) is 0 Å². The molecule has 0 unspecified atom stereocenters. The summed E-state index contributed by atoms with van der Waals surface area (Å²) in [7, 11) is 0. The Labute approximate surface area is 160 Å². The first-order valence-electron chi connectivity index (χ1n) is 9.72. The van der Waals surface area contributed by atoms with Gasteiger partial charge in [0.2, 0.25) is 11.8 Å². The van der Waals surface area contributed by atoms with E-state index in [1.165, 1.54) is 67.7 Å². The van der Waals surface area contributed by atoms with E-state index in [1.54, 1.807) is 6.33 Å². The molecular formula is C20H31N3O2S. The van der Waals surface area contributed by atoms with Crippen LogP contribution in [0.3, 0.4) is 0 Å². The number of primary amides is 1. The normalized spacial score (nSPS) is 21.1. The van der Waals surface area contributed by atoms with Crippen molar-refractivity contribution >= 4 is 27.5 Å². The molecule has 2 aromatic heterocycles. The van der Waals surface area contributed by atoms with Crippen molar-refractivity contribution in [3.05, 3.63) is 16.8 Å². The Morgan fingerprint density at radius 2 is 1.85 bits per heavy atom. The summed E-state index contributed by atoms with van der Waals surface area (Å²) >= 11 is 1.83. The van der Waals surface area contributed by atoms with Gasteiger partial charge < -0.3 is 10.5 Å². The minimum absolute atomic E-state index is 0.333. The number of rotatable bonds is 2. The van der Waals surface area contributed by atoms with Crippen molar-refractivity contribution in [2.45, 2.75) is 78.7 Å². The molecule has 0 aliphatic heterocycles. The second kappa shape index (κ2) is 9.86. The molecule has 1 saturated carbocycles. The van der Waals surface area contributed by atoms with E-state index in [-0.39, 0.29) is 5.91 Å². The molecule has 0 bridgehead atoms. The summed E-state index contributed by atoms with van der Waals surface area (Å²) in [6.07, 6.45) is 10.5. The molecule has 2 aliphatic carbocycles. The number of fused-ring (bicyclic) bond motifs is 3. The van der Waals surface area contributed by atoms with Crippen LogP contribution in [0, 0.1) is 5.92 Å². The van der Waals surface area contributed by atoms with Crippen molar-refractivity contribution in [1.29, 1.82) is 0 Å². The van der Waals surface area contributed by atoms with Crippen molar-refractivity contribution < 1.29 is 9.53 Å². The number of ether oxygens (including phenoxy) is 1. The van der Waals surface area contributed by atoms with E-state index in [0.717, 1.165) is 16.6 Å². The molecule has 6 heteroatoms. The van der Waals surface area contributed by atoms with E-state index in [1.807, 2.05) is 25.2 Å². The van der Waals surface area contributed by atoms with E-state index in [9.17, 15) is 4.79 Å². The van der Waals surface area contributed by atoms with Crippen LogP contribution in [0.1, 0.15) is 70.2 Å². The van der Waals surface area contributed by atoms with Gasteiger partial charge in [-0.2, -0.15) is 0 Å². The molecule has 2 heterocycles. The first-order valence-corrected chi connectivity index (χ1v) is 10.5. The molecule has 2 N–H and O–H groups in total. The Balaban J connectivity index is 0.000000361. The van der Waals surface area contributed by atoms with Gasteiger partial charge in [0.15, 0.2) is 0 Å². The molecule has 4 rings (SSSR count). The number of carbonyl (C=O) groups excluding carboxylic acids is 1. The topological polar surface area (TPSA) is 78.1 Å². The van der Waals surface area contributed by atoms with Crippen LogP contribution in [0.25, 0.3) is 10.2 Å². The van der Waals surface area contributed by atoms with Crippen molar-refractivity contribution in [2.24, 2.45) is 11.7 Å². The Kier molecular flexibility index (Phi) is 7.82. The number of amides is 1. The van der Waals surface area contributed by atoms with Gasteiger partial charge in [-0.3, -0.25) is 4.79 Å². The van der Waals surface area contributed by atoms with Crippen LogP contribution < -0.4 is 10.5 Å². The number of nitrogens with zero attached hydrogens (tertiary/aromatic N) is 2. The van der Waals surface area contributed by atoms with E-state index < -0.39 is 0 Å². The van der Waals surface area contributed by atoms with E-state index in [0.29, 0.717) is 6.10 Å².